The number of nitrogens with zero attached hydrogens (tertiary/aromatic N) is 2. The maximum absolute atomic E-state index is 6.50. The second-order valence-corrected chi connectivity index (χ2v) is 8.04. The molecule has 0 aliphatic heterocycles. The van der Waals surface area contributed by atoms with Crippen LogP contribution in [0.15, 0.2) is 0 Å². The number of hydrogen-bond donors (Lipinski definition) is 0. The van der Waals surface area contributed by atoms with E-state index in [9.17, 15) is 0 Å². The molecular formula is C16H26BrClN2. The highest BCUT2D eigenvalue weighted by Gasteiger charge is 2.31. The van der Waals surface area contributed by atoms with Gasteiger partial charge in [0.2, 0.25) is 0 Å². The number of alkyl halides is 1. The highest BCUT2D eigenvalue weighted by molar-refractivity contribution is 9.09. The first-order chi connectivity index (χ1) is 9.43. The van der Waals surface area contributed by atoms with Crippen LogP contribution in [-0.4, -0.2) is 14.6 Å². The van der Waals surface area contributed by atoms with Gasteiger partial charge in [0.05, 0.1) is 16.4 Å². The van der Waals surface area contributed by atoms with Crippen LogP contribution in [0.5, 0.6) is 0 Å². The van der Waals surface area contributed by atoms with E-state index < -0.39 is 0 Å². The van der Waals surface area contributed by atoms with Crippen molar-refractivity contribution in [1.82, 2.24) is 9.78 Å². The Morgan fingerprint density at radius 1 is 1.40 bits per heavy atom. The molecule has 1 fully saturated rings. The summed E-state index contributed by atoms with van der Waals surface area (Å²) in [5.74, 6) is 2.31. The third-order valence-corrected chi connectivity index (χ3v) is 6.47. The Kier molecular flexibility index (Phi) is 5.58. The molecule has 1 aliphatic rings. The molecular weight excluding hydrogens is 336 g/mol. The fourth-order valence-electron chi connectivity index (χ4n) is 3.37. The summed E-state index contributed by atoms with van der Waals surface area (Å²) in [6, 6.07) is 0. The third-order valence-electron chi connectivity index (χ3n) is 4.83. The lowest BCUT2D eigenvalue weighted by Crippen LogP contribution is -2.29. The summed E-state index contributed by atoms with van der Waals surface area (Å²) in [6.07, 6.45) is 5.88. The number of aryl methyl sites for hydroxylation is 2. The zero-order valence-corrected chi connectivity index (χ0v) is 15.3. The SMILES string of the molecule is CCc1nn(C)c(CC2CC(C(C)C)CCC2Br)c1Cl. The molecule has 114 valence electrons. The van der Waals surface area contributed by atoms with Crippen molar-refractivity contribution in [2.24, 2.45) is 24.8 Å². The third kappa shape index (κ3) is 3.41. The summed E-state index contributed by atoms with van der Waals surface area (Å²) in [5.41, 5.74) is 2.24. The highest BCUT2D eigenvalue weighted by Crippen LogP contribution is 2.39. The van der Waals surface area contributed by atoms with E-state index in [1.54, 1.807) is 0 Å². The second kappa shape index (κ2) is 6.83. The molecule has 3 unspecified atom stereocenters. The van der Waals surface area contributed by atoms with E-state index in [1.807, 2.05) is 11.7 Å². The molecule has 1 aromatic heterocycles. The number of aromatic nitrogens is 2. The maximum atomic E-state index is 6.50. The minimum absolute atomic E-state index is 0.619. The summed E-state index contributed by atoms with van der Waals surface area (Å²) < 4.78 is 1.99. The van der Waals surface area contributed by atoms with Gasteiger partial charge in [-0.3, -0.25) is 4.68 Å². The molecule has 1 aliphatic carbocycles. The van der Waals surface area contributed by atoms with Gasteiger partial charge >= 0.3 is 0 Å². The summed E-state index contributed by atoms with van der Waals surface area (Å²) in [6.45, 7) is 6.81. The normalized spacial score (nSPS) is 27.2. The minimum atomic E-state index is 0.619. The monoisotopic (exact) mass is 360 g/mol. The topological polar surface area (TPSA) is 17.8 Å². The molecule has 4 heteroatoms. The van der Waals surface area contributed by atoms with Gasteiger partial charge in [0.1, 0.15) is 0 Å². The molecule has 0 aromatic carbocycles. The van der Waals surface area contributed by atoms with Crippen molar-refractivity contribution >= 4 is 27.5 Å². The van der Waals surface area contributed by atoms with Crippen molar-refractivity contribution in [2.45, 2.75) is 57.7 Å². The van der Waals surface area contributed by atoms with E-state index in [4.69, 9.17) is 11.6 Å². The number of rotatable bonds is 4. The quantitative estimate of drug-likeness (QED) is 0.689. The highest BCUT2D eigenvalue weighted by atomic mass is 79.9. The fourth-order valence-corrected chi connectivity index (χ4v) is 4.41. The Labute approximate surface area is 136 Å². The Balaban J connectivity index is 2.13. The van der Waals surface area contributed by atoms with Crippen LogP contribution in [-0.2, 0) is 19.9 Å². The average molecular weight is 362 g/mol. The summed E-state index contributed by atoms with van der Waals surface area (Å²) >= 11 is 10.4. The van der Waals surface area contributed by atoms with Crippen molar-refractivity contribution in [3.63, 3.8) is 0 Å². The summed E-state index contributed by atoms with van der Waals surface area (Å²) in [7, 11) is 2.02. The number of halogens is 2. The van der Waals surface area contributed by atoms with E-state index in [0.717, 1.165) is 35.4 Å². The molecule has 0 bridgehead atoms. The van der Waals surface area contributed by atoms with Crippen LogP contribution in [0, 0.1) is 17.8 Å². The van der Waals surface area contributed by atoms with Gasteiger partial charge in [-0.05, 0) is 49.9 Å². The maximum Gasteiger partial charge on any atom is 0.0849 e. The van der Waals surface area contributed by atoms with Crippen LogP contribution in [0.3, 0.4) is 0 Å². The molecule has 1 saturated carbocycles. The molecule has 0 N–H and O–H groups in total. The number of hydrogen-bond acceptors (Lipinski definition) is 1. The first-order valence-corrected chi connectivity index (χ1v) is 9.07. The summed E-state index contributed by atoms with van der Waals surface area (Å²) in [4.78, 5) is 0.619. The van der Waals surface area contributed by atoms with E-state index in [-0.39, 0.29) is 0 Å². The zero-order chi connectivity index (χ0) is 14.9. The van der Waals surface area contributed by atoms with Crippen molar-refractivity contribution in [3.05, 3.63) is 16.4 Å². The standard InChI is InChI=1S/C16H26BrClN2/c1-5-14-16(18)15(20(4)19-14)9-12-8-11(10(2)3)6-7-13(12)17/h10-13H,5-9H2,1-4H3. The van der Waals surface area contributed by atoms with Gasteiger partial charge in [-0.15, -0.1) is 0 Å². The van der Waals surface area contributed by atoms with Gasteiger partial charge in [-0.25, -0.2) is 0 Å². The first kappa shape index (κ1) is 16.4. The van der Waals surface area contributed by atoms with Crippen LogP contribution >= 0.6 is 27.5 Å². The van der Waals surface area contributed by atoms with Gasteiger partial charge in [-0.2, -0.15) is 5.10 Å². The molecule has 2 nitrogen and oxygen atoms in total. The van der Waals surface area contributed by atoms with Crippen molar-refractivity contribution in [3.8, 4) is 0 Å². The summed E-state index contributed by atoms with van der Waals surface area (Å²) in [5, 5.41) is 5.43. The van der Waals surface area contributed by atoms with Crippen molar-refractivity contribution in [2.75, 3.05) is 0 Å². The molecule has 0 saturated heterocycles. The van der Waals surface area contributed by atoms with Gasteiger partial charge in [0.25, 0.3) is 0 Å². The smallest absolute Gasteiger partial charge is 0.0849 e. The lowest BCUT2D eigenvalue weighted by molar-refractivity contribution is 0.221. The molecule has 0 amide bonds. The van der Waals surface area contributed by atoms with Gasteiger partial charge in [-0.1, -0.05) is 48.3 Å². The molecule has 2 rings (SSSR count). The van der Waals surface area contributed by atoms with Crippen LogP contribution in [0.2, 0.25) is 5.02 Å². The molecule has 0 spiro atoms. The Morgan fingerprint density at radius 2 is 2.10 bits per heavy atom. The fraction of sp³-hybridized carbons (Fsp3) is 0.812. The van der Waals surface area contributed by atoms with Crippen molar-refractivity contribution in [1.29, 1.82) is 0 Å². The van der Waals surface area contributed by atoms with Crippen LogP contribution in [0.1, 0.15) is 51.4 Å². The lowest BCUT2D eigenvalue weighted by atomic mass is 9.74. The van der Waals surface area contributed by atoms with E-state index in [2.05, 4.69) is 41.8 Å². The van der Waals surface area contributed by atoms with Gasteiger partial charge < -0.3 is 0 Å². The predicted molar refractivity (Wildman–Crippen MR) is 89.7 cm³/mol. The lowest BCUT2D eigenvalue weighted by Gasteiger charge is -2.35. The minimum Gasteiger partial charge on any atom is -0.271 e. The van der Waals surface area contributed by atoms with E-state index >= 15 is 0 Å². The molecule has 1 aromatic rings. The van der Waals surface area contributed by atoms with Gasteiger partial charge in [0, 0.05) is 11.9 Å². The van der Waals surface area contributed by atoms with Gasteiger partial charge in [0.15, 0.2) is 0 Å². The first-order valence-electron chi connectivity index (χ1n) is 7.78. The average Bonchev–Trinajstić information content (AvgIpc) is 2.68. The largest absolute Gasteiger partial charge is 0.271 e. The molecule has 20 heavy (non-hydrogen) atoms. The molecule has 0 radical (unpaired) electrons. The zero-order valence-electron chi connectivity index (χ0n) is 13.0. The Hall–Kier alpha value is -0.0200. The molecule has 3 atom stereocenters. The van der Waals surface area contributed by atoms with E-state index in [1.165, 1.54) is 25.0 Å². The Bertz CT molecular complexity index is 456. The van der Waals surface area contributed by atoms with Crippen LogP contribution in [0.25, 0.3) is 0 Å². The van der Waals surface area contributed by atoms with Crippen LogP contribution < -0.4 is 0 Å². The van der Waals surface area contributed by atoms with Crippen LogP contribution in [0.4, 0.5) is 0 Å². The molecule has 1 heterocycles. The Morgan fingerprint density at radius 3 is 2.65 bits per heavy atom. The predicted octanol–water partition coefficient (Wildman–Crippen LogP) is 5.01. The van der Waals surface area contributed by atoms with E-state index in [0.29, 0.717) is 10.7 Å². The van der Waals surface area contributed by atoms with Crippen molar-refractivity contribution < 1.29 is 0 Å². The second-order valence-electron chi connectivity index (χ2n) is 6.48.